The Morgan fingerprint density at radius 2 is 1.86 bits per heavy atom. The van der Waals surface area contributed by atoms with E-state index >= 15 is 0 Å². The normalized spacial score (nSPS) is 27.0. The van der Waals surface area contributed by atoms with Crippen LogP contribution in [0.3, 0.4) is 0 Å². The molecule has 3 rings (SSSR count). The smallest absolute Gasteiger partial charge is 0.119 e. The summed E-state index contributed by atoms with van der Waals surface area (Å²) in [6, 6.07) is 8.53. The Morgan fingerprint density at radius 1 is 1.14 bits per heavy atom. The molecule has 2 fully saturated rings. The van der Waals surface area contributed by atoms with Gasteiger partial charge in [-0.1, -0.05) is 0 Å². The van der Waals surface area contributed by atoms with Crippen molar-refractivity contribution >= 4 is 5.69 Å². The molecule has 0 saturated carbocycles. The van der Waals surface area contributed by atoms with E-state index in [4.69, 9.17) is 15.2 Å². The molecule has 2 N–H and O–H groups in total. The van der Waals surface area contributed by atoms with Crippen molar-refractivity contribution in [2.45, 2.75) is 6.04 Å². The zero-order valence-corrected chi connectivity index (χ0v) is 12.7. The number of piperazine rings is 1. The summed E-state index contributed by atoms with van der Waals surface area (Å²) in [5.41, 5.74) is 7.34. The molecule has 2 unspecified atom stereocenters. The fourth-order valence-corrected chi connectivity index (χ4v) is 3.12. The van der Waals surface area contributed by atoms with Crippen molar-refractivity contribution in [3.8, 4) is 5.75 Å². The second-order valence-electron chi connectivity index (χ2n) is 5.95. The predicted molar refractivity (Wildman–Crippen MR) is 83.9 cm³/mol. The quantitative estimate of drug-likeness (QED) is 0.889. The number of methoxy groups -OCH3 is 1. The van der Waals surface area contributed by atoms with Crippen LogP contribution in [0, 0.1) is 5.92 Å². The van der Waals surface area contributed by atoms with E-state index in [0.717, 1.165) is 51.7 Å². The lowest BCUT2D eigenvalue weighted by atomic mass is 10.0. The number of anilines is 1. The van der Waals surface area contributed by atoms with Crippen LogP contribution in [-0.4, -0.2) is 64.0 Å². The largest absolute Gasteiger partial charge is 0.497 e. The first kappa shape index (κ1) is 14.6. The van der Waals surface area contributed by atoms with Gasteiger partial charge in [0.15, 0.2) is 0 Å². The number of ether oxygens (including phenoxy) is 2. The van der Waals surface area contributed by atoms with Gasteiger partial charge in [-0.2, -0.15) is 0 Å². The van der Waals surface area contributed by atoms with Crippen molar-refractivity contribution in [3.05, 3.63) is 24.3 Å². The second kappa shape index (κ2) is 6.64. The molecule has 1 aromatic carbocycles. The molecule has 2 aliphatic heterocycles. The average Bonchev–Trinajstić information content (AvgIpc) is 2.93. The van der Waals surface area contributed by atoms with Gasteiger partial charge in [0, 0.05) is 50.4 Å². The van der Waals surface area contributed by atoms with Gasteiger partial charge >= 0.3 is 0 Å². The van der Waals surface area contributed by atoms with E-state index in [-0.39, 0.29) is 6.04 Å². The number of nitrogens with zero attached hydrogens (tertiary/aromatic N) is 2. The maximum atomic E-state index is 6.07. The van der Waals surface area contributed by atoms with Crippen molar-refractivity contribution in [1.29, 1.82) is 0 Å². The third kappa shape index (κ3) is 3.48. The summed E-state index contributed by atoms with van der Waals surface area (Å²) in [6.07, 6.45) is 0. The molecule has 0 bridgehead atoms. The monoisotopic (exact) mass is 291 g/mol. The van der Waals surface area contributed by atoms with Gasteiger partial charge in [0.2, 0.25) is 0 Å². The van der Waals surface area contributed by atoms with Gasteiger partial charge in [-0.15, -0.1) is 0 Å². The van der Waals surface area contributed by atoms with E-state index in [1.165, 1.54) is 5.69 Å². The number of rotatable bonds is 4. The Balaban J connectivity index is 1.50. The maximum Gasteiger partial charge on any atom is 0.119 e. The molecule has 2 atom stereocenters. The molecule has 0 radical (unpaired) electrons. The van der Waals surface area contributed by atoms with Gasteiger partial charge in [0.05, 0.1) is 20.3 Å². The van der Waals surface area contributed by atoms with Crippen molar-refractivity contribution in [1.82, 2.24) is 4.90 Å². The van der Waals surface area contributed by atoms with Crippen molar-refractivity contribution in [2.24, 2.45) is 11.7 Å². The Hall–Kier alpha value is -1.30. The first-order valence-corrected chi connectivity index (χ1v) is 7.71. The molecule has 2 heterocycles. The molecule has 116 valence electrons. The Morgan fingerprint density at radius 3 is 2.43 bits per heavy atom. The first-order chi connectivity index (χ1) is 10.3. The molecular formula is C16H25N3O2. The van der Waals surface area contributed by atoms with Crippen molar-refractivity contribution in [2.75, 3.05) is 57.9 Å². The van der Waals surface area contributed by atoms with E-state index in [9.17, 15) is 0 Å². The lowest BCUT2D eigenvalue weighted by Crippen LogP contribution is -2.49. The molecule has 5 heteroatoms. The first-order valence-electron chi connectivity index (χ1n) is 7.71. The van der Waals surface area contributed by atoms with Crippen LogP contribution in [-0.2, 0) is 4.74 Å². The lowest BCUT2D eigenvalue weighted by Gasteiger charge is -2.37. The molecule has 1 aromatic rings. The van der Waals surface area contributed by atoms with E-state index in [1.807, 2.05) is 12.1 Å². The van der Waals surface area contributed by atoms with Crippen LogP contribution in [0.2, 0.25) is 0 Å². The summed E-state index contributed by atoms with van der Waals surface area (Å²) in [5, 5.41) is 0. The van der Waals surface area contributed by atoms with Gasteiger partial charge < -0.3 is 20.1 Å². The number of hydrogen-bond acceptors (Lipinski definition) is 5. The van der Waals surface area contributed by atoms with E-state index < -0.39 is 0 Å². The van der Waals surface area contributed by atoms with Gasteiger partial charge in [-0.3, -0.25) is 4.90 Å². The summed E-state index contributed by atoms with van der Waals surface area (Å²) in [5.74, 6) is 1.41. The third-order valence-corrected chi connectivity index (χ3v) is 4.55. The highest BCUT2D eigenvalue weighted by Crippen LogP contribution is 2.21. The molecule has 21 heavy (non-hydrogen) atoms. The fourth-order valence-electron chi connectivity index (χ4n) is 3.12. The van der Waals surface area contributed by atoms with Crippen molar-refractivity contribution < 1.29 is 9.47 Å². The highest BCUT2D eigenvalue weighted by molar-refractivity contribution is 5.49. The zero-order valence-electron chi connectivity index (χ0n) is 12.7. The third-order valence-electron chi connectivity index (χ3n) is 4.55. The van der Waals surface area contributed by atoms with Gasteiger partial charge in [-0.05, 0) is 24.3 Å². The fraction of sp³-hybridized carbons (Fsp3) is 0.625. The SMILES string of the molecule is COc1ccc(N2CCN(CC3COCC3N)CC2)cc1. The van der Waals surface area contributed by atoms with Crippen LogP contribution in [0.25, 0.3) is 0 Å². The number of benzene rings is 1. The minimum absolute atomic E-state index is 0.213. The van der Waals surface area contributed by atoms with Crippen LogP contribution < -0.4 is 15.4 Å². The molecular weight excluding hydrogens is 266 g/mol. The summed E-state index contributed by atoms with van der Waals surface area (Å²) >= 11 is 0. The number of nitrogens with two attached hydrogens (primary N) is 1. The van der Waals surface area contributed by atoms with Crippen LogP contribution in [0.1, 0.15) is 0 Å². The average molecular weight is 291 g/mol. The zero-order chi connectivity index (χ0) is 14.7. The summed E-state index contributed by atoms with van der Waals surface area (Å²) in [4.78, 5) is 4.94. The van der Waals surface area contributed by atoms with Gasteiger partial charge in [0.25, 0.3) is 0 Å². The van der Waals surface area contributed by atoms with Crippen LogP contribution >= 0.6 is 0 Å². The highest BCUT2D eigenvalue weighted by Gasteiger charge is 2.28. The highest BCUT2D eigenvalue weighted by atomic mass is 16.5. The Kier molecular flexibility index (Phi) is 4.63. The maximum absolute atomic E-state index is 6.07. The molecule has 2 saturated heterocycles. The summed E-state index contributed by atoms with van der Waals surface area (Å²) in [6.45, 7) is 6.92. The standard InChI is InChI=1S/C16H25N3O2/c1-20-15-4-2-14(3-5-15)19-8-6-18(7-9-19)10-13-11-21-12-16(13)17/h2-5,13,16H,6-12,17H2,1H3. The van der Waals surface area contributed by atoms with Crippen LogP contribution in [0.5, 0.6) is 5.75 Å². The van der Waals surface area contributed by atoms with E-state index in [2.05, 4.69) is 21.9 Å². The van der Waals surface area contributed by atoms with Crippen molar-refractivity contribution in [3.63, 3.8) is 0 Å². The molecule has 0 spiro atoms. The van der Waals surface area contributed by atoms with Gasteiger partial charge in [-0.25, -0.2) is 0 Å². The molecule has 0 aliphatic carbocycles. The topological polar surface area (TPSA) is 51.0 Å². The van der Waals surface area contributed by atoms with E-state index in [0.29, 0.717) is 5.92 Å². The lowest BCUT2D eigenvalue weighted by molar-refractivity contribution is 0.164. The summed E-state index contributed by atoms with van der Waals surface area (Å²) in [7, 11) is 1.70. The molecule has 5 nitrogen and oxygen atoms in total. The van der Waals surface area contributed by atoms with Crippen LogP contribution in [0.4, 0.5) is 5.69 Å². The summed E-state index contributed by atoms with van der Waals surface area (Å²) < 4.78 is 10.7. The Bertz CT molecular complexity index is 443. The van der Waals surface area contributed by atoms with E-state index in [1.54, 1.807) is 7.11 Å². The molecule has 0 amide bonds. The molecule has 2 aliphatic rings. The van der Waals surface area contributed by atoms with Crippen LogP contribution in [0.15, 0.2) is 24.3 Å². The number of hydrogen-bond donors (Lipinski definition) is 1. The Labute approximate surface area is 126 Å². The van der Waals surface area contributed by atoms with Gasteiger partial charge in [0.1, 0.15) is 5.75 Å². The minimum Gasteiger partial charge on any atom is -0.497 e. The minimum atomic E-state index is 0.213. The second-order valence-corrected chi connectivity index (χ2v) is 5.95. The molecule has 0 aromatic heterocycles. The predicted octanol–water partition coefficient (Wildman–Crippen LogP) is 0.791.